The van der Waals surface area contributed by atoms with Gasteiger partial charge in [-0.2, -0.15) is 0 Å². The molecule has 20 heavy (non-hydrogen) atoms. The van der Waals surface area contributed by atoms with Crippen LogP contribution in [-0.2, 0) is 0 Å². The van der Waals surface area contributed by atoms with E-state index in [-0.39, 0.29) is 0 Å². The van der Waals surface area contributed by atoms with E-state index in [0.29, 0.717) is 11.8 Å². The molecule has 0 N–H and O–H groups in total. The molecular weight excluding hydrogens is 240 g/mol. The normalized spacial score (nSPS) is 24.1. The number of unbranched alkanes of at least 4 members (excludes halogenated alkanes) is 2. The first-order valence-corrected chi connectivity index (χ1v) is 8.21. The van der Waals surface area contributed by atoms with Crippen LogP contribution in [0, 0.1) is 11.8 Å². The monoisotopic (exact) mass is 268 g/mol. The van der Waals surface area contributed by atoms with Gasteiger partial charge < -0.3 is 0 Å². The third-order valence-electron chi connectivity index (χ3n) is 4.32. The summed E-state index contributed by atoms with van der Waals surface area (Å²) in [4.78, 5) is 0. The molecule has 0 heteroatoms. The Kier molecular flexibility index (Phi) is 5.64. The zero-order valence-electron chi connectivity index (χ0n) is 13.1. The second-order valence-corrected chi connectivity index (χ2v) is 6.03. The molecule has 0 aliphatic heterocycles. The predicted molar refractivity (Wildman–Crippen MR) is 89.6 cm³/mol. The molecule has 0 aromatic heterocycles. The van der Waals surface area contributed by atoms with E-state index < -0.39 is 0 Å². The Balaban J connectivity index is 1.90. The van der Waals surface area contributed by atoms with E-state index in [1.165, 1.54) is 55.2 Å². The molecule has 0 amide bonds. The van der Waals surface area contributed by atoms with Gasteiger partial charge in [-0.05, 0) is 25.7 Å². The third-order valence-corrected chi connectivity index (χ3v) is 4.32. The molecule has 0 saturated heterocycles. The molecule has 0 aromatic carbocycles. The predicted octanol–water partition coefficient (Wildman–Crippen LogP) is 6.15. The fourth-order valence-corrected chi connectivity index (χ4v) is 2.92. The highest BCUT2D eigenvalue weighted by molar-refractivity contribution is 5.41. The molecule has 2 rings (SSSR count). The largest absolute Gasteiger partial charge is 0.0980 e. The smallest absolute Gasteiger partial charge is 0.0172 e. The van der Waals surface area contributed by atoms with Crippen molar-refractivity contribution in [3.05, 3.63) is 59.8 Å². The molecule has 2 aliphatic carbocycles. The van der Waals surface area contributed by atoms with Gasteiger partial charge in [-0.3, -0.25) is 0 Å². The second-order valence-electron chi connectivity index (χ2n) is 6.03. The van der Waals surface area contributed by atoms with Crippen LogP contribution in [0.25, 0.3) is 0 Å². The van der Waals surface area contributed by atoms with Crippen LogP contribution in [0.4, 0.5) is 0 Å². The summed E-state index contributed by atoms with van der Waals surface area (Å²) in [6.07, 6.45) is 21.6. The van der Waals surface area contributed by atoms with Gasteiger partial charge in [0.25, 0.3) is 0 Å². The zero-order chi connectivity index (χ0) is 14.4. The quantitative estimate of drug-likeness (QED) is 0.463. The van der Waals surface area contributed by atoms with Crippen LogP contribution in [0.5, 0.6) is 0 Å². The summed E-state index contributed by atoms with van der Waals surface area (Å²) in [5.41, 5.74) is 4.32. The lowest BCUT2D eigenvalue weighted by Gasteiger charge is -2.14. The first kappa shape index (κ1) is 15.1. The maximum Gasteiger partial charge on any atom is 0.0172 e. The van der Waals surface area contributed by atoms with E-state index in [1.807, 2.05) is 0 Å². The minimum atomic E-state index is 0.443. The molecule has 0 nitrogen and oxygen atoms in total. The van der Waals surface area contributed by atoms with Gasteiger partial charge in [0.1, 0.15) is 0 Å². The first-order chi connectivity index (χ1) is 9.74. The Labute approximate surface area is 124 Å². The van der Waals surface area contributed by atoms with Crippen LogP contribution in [0.15, 0.2) is 59.8 Å². The van der Waals surface area contributed by atoms with Crippen LogP contribution < -0.4 is 0 Å². The third kappa shape index (κ3) is 3.85. The average Bonchev–Trinajstić information content (AvgIpc) is 3.11. The van der Waals surface area contributed by atoms with Gasteiger partial charge in [-0.25, -0.2) is 0 Å². The summed E-state index contributed by atoms with van der Waals surface area (Å²) in [6.45, 7) is 8.86. The number of allylic oxidation sites excluding steroid dienone is 9. The molecule has 0 radical (unpaired) electrons. The van der Waals surface area contributed by atoms with Crippen molar-refractivity contribution >= 4 is 0 Å². The van der Waals surface area contributed by atoms with Crippen molar-refractivity contribution in [3.63, 3.8) is 0 Å². The Bertz CT molecular complexity index is 414. The fraction of sp³-hybridized carbons (Fsp3) is 0.500. The summed E-state index contributed by atoms with van der Waals surface area (Å²) in [5.74, 6) is 0.886. The Morgan fingerprint density at radius 3 is 1.75 bits per heavy atom. The van der Waals surface area contributed by atoms with Gasteiger partial charge in [-0.1, -0.05) is 86.4 Å². The van der Waals surface area contributed by atoms with Crippen LogP contribution in [-0.4, -0.2) is 0 Å². The maximum atomic E-state index is 4.36. The topological polar surface area (TPSA) is 0 Å². The number of rotatable bonds is 8. The molecule has 2 aliphatic rings. The molecule has 0 aromatic rings. The lowest BCUT2D eigenvalue weighted by atomic mass is 9.90. The Morgan fingerprint density at radius 2 is 1.35 bits per heavy atom. The summed E-state index contributed by atoms with van der Waals surface area (Å²) < 4.78 is 0. The van der Waals surface area contributed by atoms with Gasteiger partial charge in [-0.15, -0.1) is 0 Å². The van der Waals surface area contributed by atoms with Gasteiger partial charge in [0.2, 0.25) is 0 Å². The molecule has 0 bridgehead atoms. The van der Waals surface area contributed by atoms with E-state index in [4.69, 9.17) is 0 Å². The highest BCUT2D eigenvalue weighted by Crippen LogP contribution is 2.34. The highest BCUT2D eigenvalue weighted by atomic mass is 14.2. The first-order valence-electron chi connectivity index (χ1n) is 8.21. The standard InChI is InChI=1S/C20H28/c1-4-6-8-17-10-12-19(14-17)16(3)20-13-11-18(15-20)9-7-5-2/h10-15,19-20H,3-9H2,1-2H3. The van der Waals surface area contributed by atoms with Crippen molar-refractivity contribution in [1.29, 1.82) is 0 Å². The Morgan fingerprint density at radius 1 is 0.900 bits per heavy atom. The molecule has 108 valence electrons. The number of hydrogen-bond donors (Lipinski definition) is 0. The highest BCUT2D eigenvalue weighted by Gasteiger charge is 2.20. The van der Waals surface area contributed by atoms with Gasteiger partial charge in [0.15, 0.2) is 0 Å². The SMILES string of the molecule is C=C(C1C=CC(CCCC)=C1)C1C=CC(CCCC)=C1. The molecular formula is C20H28. The zero-order valence-corrected chi connectivity index (χ0v) is 13.1. The van der Waals surface area contributed by atoms with E-state index in [0.717, 1.165) is 0 Å². The summed E-state index contributed by atoms with van der Waals surface area (Å²) in [6, 6.07) is 0. The summed E-state index contributed by atoms with van der Waals surface area (Å²) in [5, 5.41) is 0. The van der Waals surface area contributed by atoms with Crippen molar-refractivity contribution < 1.29 is 0 Å². The fourth-order valence-electron chi connectivity index (χ4n) is 2.92. The minimum Gasteiger partial charge on any atom is -0.0980 e. The van der Waals surface area contributed by atoms with Crippen LogP contribution in [0.3, 0.4) is 0 Å². The van der Waals surface area contributed by atoms with E-state index in [9.17, 15) is 0 Å². The molecule has 0 spiro atoms. The summed E-state index contributed by atoms with van der Waals surface area (Å²) in [7, 11) is 0. The van der Waals surface area contributed by atoms with Crippen molar-refractivity contribution in [2.75, 3.05) is 0 Å². The van der Waals surface area contributed by atoms with E-state index in [1.54, 1.807) is 0 Å². The van der Waals surface area contributed by atoms with Gasteiger partial charge in [0.05, 0.1) is 0 Å². The lowest BCUT2D eigenvalue weighted by Crippen LogP contribution is -2.03. The van der Waals surface area contributed by atoms with Crippen LogP contribution in [0.2, 0.25) is 0 Å². The van der Waals surface area contributed by atoms with Gasteiger partial charge in [0, 0.05) is 11.8 Å². The Hall–Kier alpha value is -1.30. The van der Waals surface area contributed by atoms with E-state index in [2.05, 4.69) is 56.9 Å². The molecule has 2 atom stereocenters. The summed E-state index contributed by atoms with van der Waals surface area (Å²) >= 11 is 0. The molecule has 0 saturated carbocycles. The molecule has 0 heterocycles. The minimum absolute atomic E-state index is 0.443. The molecule has 0 fully saturated rings. The van der Waals surface area contributed by atoms with Crippen molar-refractivity contribution in [3.8, 4) is 0 Å². The van der Waals surface area contributed by atoms with Crippen LogP contribution >= 0.6 is 0 Å². The van der Waals surface area contributed by atoms with Crippen molar-refractivity contribution in [2.45, 2.75) is 52.4 Å². The number of hydrogen-bond acceptors (Lipinski definition) is 0. The van der Waals surface area contributed by atoms with E-state index >= 15 is 0 Å². The van der Waals surface area contributed by atoms with Crippen molar-refractivity contribution in [1.82, 2.24) is 0 Å². The lowest BCUT2D eigenvalue weighted by molar-refractivity contribution is 0.786. The van der Waals surface area contributed by atoms with Crippen LogP contribution in [0.1, 0.15) is 52.4 Å². The molecule has 2 unspecified atom stereocenters. The second kappa shape index (κ2) is 7.47. The van der Waals surface area contributed by atoms with Crippen molar-refractivity contribution in [2.24, 2.45) is 11.8 Å². The van der Waals surface area contributed by atoms with Gasteiger partial charge >= 0.3 is 0 Å². The average molecular weight is 268 g/mol. The maximum absolute atomic E-state index is 4.36.